The van der Waals surface area contributed by atoms with E-state index in [2.05, 4.69) is 74.0 Å². The van der Waals surface area contributed by atoms with Crippen LogP contribution in [0.3, 0.4) is 0 Å². The lowest BCUT2D eigenvalue weighted by Crippen LogP contribution is -2.20. The minimum atomic E-state index is -1.01. The third-order valence-electron chi connectivity index (χ3n) is 2.23. The van der Waals surface area contributed by atoms with E-state index in [1.165, 1.54) is 11.1 Å². The number of benzene rings is 1. The standard InChI is InChI=1S/C14H23NSSi/c1-12-6-8-14(9-7-12)11-15-10-13(2)16-17(3,4)5/h6-9,11,13H,10H2,1-5H3/b15-11-. The van der Waals surface area contributed by atoms with Gasteiger partial charge in [-0.25, -0.2) is 0 Å². The van der Waals surface area contributed by atoms with E-state index in [4.69, 9.17) is 0 Å². The molecule has 0 radical (unpaired) electrons. The lowest BCUT2D eigenvalue weighted by Gasteiger charge is -2.19. The van der Waals surface area contributed by atoms with Crippen molar-refractivity contribution in [3.8, 4) is 0 Å². The monoisotopic (exact) mass is 265 g/mol. The minimum Gasteiger partial charge on any atom is -0.291 e. The fraction of sp³-hybridized carbons (Fsp3) is 0.500. The van der Waals surface area contributed by atoms with E-state index in [1.807, 2.05) is 6.21 Å². The summed E-state index contributed by atoms with van der Waals surface area (Å²) < 4.78 is 0. The maximum Gasteiger partial charge on any atom is 0.108 e. The van der Waals surface area contributed by atoms with Crippen molar-refractivity contribution in [1.29, 1.82) is 0 Å². The summed E-state index contributed by atoms with van der Waals surface area (Å²) in [6.45, 7) is 12.5. The average Bonchev–Trinajstić information content (AvgIpc) is 2.18. The van der Waals surface area contributed by atoms with E-state index < -0.39 is 7.22 Å². The second kappa shape index (κ2) is 6.41. The summed E-state index contributed by atoms with van der Waals surface area (Å²) >= 11 is 2.12. The molecule has 1 atom stereocenters. The largest absolute Gasteiger partial charge is 0.291 e. The molecule has 0 aliphatic rings. The van der Waals surface area contributed by atoms with Crippen molar-refractivity contribution >= 4 is 24.6 Å². The Bertz CT molecular complexity index is 365. The molecule has 0 bridgehead atoms. The van der Waals surface area contributed by atoms with E-state index in [0.29, 0.717) is 5.25 Å². The number of aryl methyl sites for hydroxylation is 1. The molecular weight excluding hydrogens is 242 g/mol. The number of hydrogen-bond acceptors (Lipinski definition) is 2. The van der Waals surface area contributed by atoms with Gasteiger partial charge in [0.2, 0.25) is 0 Å². The predicted octanol–water partition coefficient (Wildman–Crippen LogP) is 4.37. The first kappa shape index (κ1) is 14.5. The van der Waals surface area contributed by atoms with E-state index in [0.717, 1.165) is 6.54 Å². The van der Waals surface area contributed by atoms with E-state index in [-0.39, 0.29) is 0 Å². The molecule has 0 fully saturated rings. The van der Waals surface area contributed by atoms with Crippen molar-refractivity contribution in [3.63, 3.8) is 0 Å². The van der Waals surface area contributed by atoms with Gasteiger partial charge in [-0.15, -0.1) is 0 Å². The number of rotatable bonds is 5. The fourth-order valence-corrected chi connectivity index (χ4v) is 6.81. The van der Waals surface area contributed by atoms with E-state index in [1.54, 1.807) is 0 Å². The van der Waals surface area contributed by atoms with Crippen molar-refractivity contribution in [2.75, 3.05) is 6.54 Å². The molecule has 94 valence electrons. The molecule has 17 heavy (non-hydrogen) atoms. The highest BCUT2D eigenvalue weighted by molar-refractivity contribution is 8.29. The molecule has 1 nitrogen and oxygen atoms in total. The molecule has 0 aromatic heterocycles. The van der Waals surface area contributed by atoms with Crippen molar-refractivity contribution in [1.82, 2.24) is 0 Å². The van der Waals surface area contributed by atoms with Gasteiger partial charge in [0.15, 0.2) is 0 Å². The molecule has 1 aromatic rings. The molecule has 0 saturated heterocycles. The molecule has 1 rings (SSSR count). The molecule has 0 saturated carbocycles. The van der Waals surface area contributed by atoms with Gasteiger partial charge in [0, 0.05) is 11.5 Å². The van der Waals surface area contributed by atoms with Crippen LogP contribution in [-0.2, 0) is 0 Å². The van der Waals surface area contributed by atoms with Crippen LogP contribution in [0.4, 0.5) is 0 Å². The van der Waals surface area contributed by atoms with Gasteiger partial charge in [-0.3, -0.25) is 4.99 Å². The zero-order valence-electron chi connectivity index (χ0n) is 11.5. The predicted molar refractivity (Wildman–Crippen MR) is 84.0 cm³/mol. The Morgan fingerprint density at radius 2 is 1.82 bits per heavy atom. The van der Waals surface area contributed by atoms with Crippen molar-refractivity contribution in [2.24, 2.45) is 4.99 Å². The second-order valence-electron chi connectivity index (χ2n) is 5.45. The molecule has 0 heterocycles. The minimum absolute atomic E-state index is 0.628. The molecular formula is C14H23NSSi. The molecule has 0 aliphatic heterocycles. The Balaban J connectivity index is 2.42. The maximum atomic E-state index is 4.53. The van der Waals surface area contributed by atoms with Crippen LogP contribution in [0.1, 0.15) is 18.1 Å². The van der Waals surface area contributed by atoms with Crippen LogP contribution in [0.15, 0.2) is 29.3 Å². The van der Waals surface area contributed by atoms with Crippen molar-refractivity contribution in [3.05, 3.63) is 35.4 Å². The Kier molecular flexibility index (Phi) is 5.47. The Labute approximate surface area is 110 Å². The first-order chi connectivity index (χ1) is 7.87. The lowest BCUT2D eigenvalue weighted by atomic mass is 10.2. The highest BCUT2D eigenvalue weighted by Gasteiger charge is 2.17. The van der Waals surface area contributed by atoms with Gasteiger partial charge < -0.3 is 0 Å². The summed E-state index contributed by atoms with van der Waals surface area (Å²) in [6, 6.07) is 8.49. The van der Waals surface area contributed by atoms with E-state index in [9.17, 15) is 0 Å². The Morgan fingerprint density at radius 3 is 2.35 bits per heavy atom. The van der Waals surface area contributed by atoms with Crippen LogP contribution in [0.25, 0.3) is 0 Å². The quantitative estimate of drug-likeness (QED) is 0.569. The molecule has 0 N–H and O–H groups in total. The summed E-state index contributed by atoms with van der Waals surface area (Å²) in [7, 11) is -1.01. The van der Waals surface area contributed by atoms with Crippen LogP contribution < -0.4 is 0 Å². The molecule has 0 amide bonds. The SMILES string of the molecule is Cc1ccc(/C=N\CC(C)S[Si](C)(C)C)cc1. The Morgan fingerprint density at radius 1 is 1.24 bits per heavy atom. The number of aliphatic imine (C=N–C) groups is 1. The summed E-state index contributed by atoms with van der Waals surface area (Å²) in [5.74, 6) is 0. The third-order valence-corrected chi connectivity index (χ3v) is 6.82. The van der Waals surface area contributed by atoms with Crippen LogP contribution in [-0.4, -0.2) is 25.2 Å². The van der Waals surface area contributed by atoms with Crippen LogP contribution >= 0.6 is 11.2 Å². The first-order valence-electron chi connectivity index (χ1n) is 6.11. The molecule has 0 spiro atoms. The van der Waals surface area contributed by atoms with Gasteiger partial charge in [0.25, 0.3) is 0 Å². The lowest BCUT2D eigenvalue weighted by molar-refractivity contribution is 0.961. The fourth-order valence-electron chi connectivity index (χ4n) is 1.60. The van der Waals surface area contributed by atoms with Gasteiger partial charge in [-0.1, -0.05) is 56.4 Å². The van der Waals surface area contributed by atoms with Crippen LogP contribution in [0, 0.1) is 6.92 Å². The first-order valence-corrected chi connectivity index (χ1v) is 11.2. The summed E-state index contributed by atoms with van der Waals surface area (Å²) in [5, 5.41) is 0.628. The second-order valence-corrected chi connectivity index (χ2v) is 15.1. The smallest absolute Gasteiger partial charge is 0.108 e. The number of hydrogen-bond donors (Lipinski definition) is 0. The van der Waals surface area contributed by atoms with Gasteiger partial charge in [-0.05, 0) is 12.5 Å². The van der Waals surface area contributed by atoms with Crippen LogP contribution in [0.2, 0.25) is 19.6 Å². The highest BCUT2D eigenvalue weighted by atomic mass is 32.4. The molecule has 3 heteroatoms. The topological polar surface area (TPSA) is 12.4 Å². The maximum absolute atomic E-state index is 4.53. The zero-order valence-corrected chi connectivity index (χ0v) is 13.3. The van der Waals surface area contributed by atoms with E-state index >= 15 is 0 Å². The zero-order chi connectivity index (χ0) is 12.9. The average molecular weight is 265 g/mol. The van der Waals surface area contributed by atoms with Gasteiger partial charge >= 0.3 is 0 Å². The summed E-state index contributed by atoms with van der Waals surface area (Å²) in [4.78, 5) is 4.53. The summed E-state index contributed by atoms with van der Waals surface area (Å²) in [5.41, 5.74) is 2.49. The summed E-state index contributed by atoms with van der Waals surface area (Å²) in [6.07, 6.45) is 1.99. The molecule has 0 aliphatic carbocycles. The molecule has 1 unspecified atom stereocenters. The Hall–Kier alpha value is -0.543. The van der Waals surface area contributed by atoms with Crippen molar-refractivity contribution in [2.45, 2.75) is 38.7 Å². The molecule has 1 aromatic carbocycles. The third kappa shape index (κ3) is 6.69. The van der Waals surface area contributed by atoms with Gasteiger partial charge in [0.1, 0.15) is 7.22 Å². The van der Waals surface area contributed by atoms with Gasteiger partial charge in [-0.2, -0.15) is 11.2 Å². The van der Waals surface area contributed by atoms with Gasteiger partial charge in [0.05, 0.1) is 6.54 Å². The normalized spacial score (nSPS) is 14.2. The highest BCUT2D eigenvalue weighted by Crippen LogP contribution is 2.24. The van der Waals surface area contributed by atoms with Crippen LogP contribution in [0.5, 0.6) is 0 Å². The van der Waals surface area contributed by atoms with Crippen molar-refractivity contribution < 1.29 is 0 Å². The number of nitrogens with zero attached hydrogens (tertiary/aromatic N) is 1.